The molecule has 0 fully saturated rings. The molecule has 0 saturated carbocycles. The number of nitrogens with one attached hydrogen (secondary N) is 1. The summed E-state index contributed by atoms with van der Waals surface area (Å²) in [4.78, 5) is 12.7. The van der Waals surface area contributed by atoms with Gasteiger partial charge in [-0.15, -0.1) is 0 Å². The van der Waals surface area contributed by atoms with E-state index in [1.807, 2.05) is 36.4 Å². The number of para-hydroxylation sites is 2. The lowest BCUT2D eigenvalue weighted by atomic mass is 10.3. The molecule has 1 N–H and O–H groups in total. The molecule has 31 heavy (non-hydrogen) atoms. The van der Waals surface area contributed by atoms with Crippen molar-refractivity contribution in [2.24, 2.45) is 0 Å². The summed E-state index contributed by atoms with van der Waals surface area (Å²) in [6.45, 7) is 0.00211. The summed E-state index contributed by atoms with van der Waals surface area (Å²) in [6, 6.07) is 17.8. The topological polar surface area (TPSA) is 97.8 Å². The number of halogens is 2. The molecule has 0 saturated heterocycles. The molecule has 10 heteroatoms. The van der Waals surface area contributed by atoms with E-state index in [1.165, 1.54) is 21.6 Å². The van der Waals surface area contributed by atoms with Gasteiger partial charge in [0.05, 0.1) is 21.9 Å². The number of nitrogens with zero attached hydrogens (tertiary/aromatic N) is 5. The Bertz CT molecular complexity index is 1260. The van der Waals surface area contributed by atoms with Crippen LogP contribution in [0.2, 0.25) is 10.0 Å². The largest absolute Gasteiger partial charge is 0.468 e. The van der Waals surface area contributed by atoms with Crippen molar-refractivity contribution in [2.45, 2.75) is 6.73 Å². The average Bonchev–Trinajstić information content (AvgIpc) is 3.41. The van der Waals surface area contributed by atoms with Gasteiger partial charge in [-0.05, 0) is 30.3 Å². The maximum Gasteiger partial charge on any atom is 0.277 e. The Morgan fingerprint density at radius 1 is 1.10 bits per heavy atom. The van der Waals surface area contributed by atoms with Crippen molar-refractivity contribution in [3.05, 3.63) is 88.3 Å². The van der Waals surface area contributed by atoms with Gasteiger partial charge >= 0.3 is 0 Å². The number of benzene rings is 2. The molecule has 2 aromatic heterocycles. The SMILES string of the molecule is N#Cc1cnn(-c2ccccc2)c1NC(=O)c1ccn(COc2c(Cl)cccc2Cl)n1. The first-order chi connectivity index (χ1) is 15.1. The van der Waals surface area contributed by atoms with Gasteiger partial charge in [-0.25, -0.2) is 9.36 Å². The fraction of sp³-hybridized carbons (Fsp3) is 0.0476. The zero-order valence-corrected chi connectivity index (χ0v) is 17.4. The minimum atomic E-state index is -0.497. The van der Waals surface area contributed by atoms with Gasteiger partial charge in [0.1, 0.15) is 11.6 Å². The molecule has 154 valence electrons. The van der Waals surface area contributed by atoms with Crippen LogP contribution in [0.5, 0.6) is 5.75 Å². The molecule has 4 aromatic rings. The second-order valence-corrected chi connectivity index (χ2v) is 7.10. The summed E-state index contributed by atoms with van der Waals surface area (Å²) < 4.78 is 8.52. The molecule has 2 aromatic carbocycles. The minimum Gasteiger partial charge on any atom is -0.468 e. The molecule has 0 unspecified atom stereocenters. The first-order valence-electron chi connectivity index (χ1n) is 9.02. The van der Waals surface area contributed by atoms with Gasteiger partial charge in [0.2, 0.25) is 0 Å². The Balaban J connectivity index is 1.50. The molecule has 0 bridgehead atoms. The van der Waals surface area contributed by atoms with E-state index in [9.17, 15) is 10.1 Å². The van der Waals surface area contributed by atoms with Crippen molar-refractivity contribution >= 4 is 34.9 Å². The summed E-state index contributed by atoms with van der Waals surface area (Å²) in [5, 5.41) is 21.2. The maximum atomic E-state index is 12.7. The first kappa shape index (κ1) is 20.5. The number of hydrogen-bond acceptors (Lipinski definition) is 5. The van der Waals surface area contributed by atoms with E-state index in [0.717, 1.165) is 0 Å². The Morgan fingerprint density at radius 2 is 1.84 bits per heavy atom. The molecule has 0 aliphatic carbocycles. The van der Waals surface area contributed by atoms with Crippen molar-refractivity contribution in [3.63, 3.8) is 0 Å². The molecule has 2 heterocycles. The second-order valence-electron chi connectivity index (χ2n) is 6.28. The van der Waals surface area contributed by atoms with Crippen LogP contribution >= 0.6 is 23.2 Å². The smallest absolute Gasteiger partial charge is 0.277 e. The quantitative estimate of drug-likeness (QED) is 0.463. The van der Waals surface area contributed by atoms with Crippen LogP contribution in [0.1, 0.15) is 16.1 Å². The van der Waals surface area contributed by atoms with Gasteiger partial charge < -0.3 is 10.1 Å². The predicted molar refractivity (Wildman–Crippen MR) is 116 cm³/mol. The number of amides is 1. The molecule has 0 aliphatic heterocycles. The molecular formula is C21H14Cl2N6O2. The van der Waals surface area contributed by atoms with Crippen LogP contribution in [-0.4, -0.2) is 25.5 Å². The normalized spacial score (nSPS) is 10.5. The fourth-order valence-electron chi connectivity index (χ4n) is 2.79. The van der Waals surface area contributed by atoms with E-state index in [0.29, 0.717) is 21.5 Å². The fourth-order valence-corrected chi connectivity index (χ4v) is 3.30. The van der Waals surface area contributed by atoms with Gasteiger partial charge in [0, 0.05) is 6.20 Å². The molecule has 0 spiro atoms. The first-order valence-corrected chi connectivity index (χ1v) is 9.77. The van der Waals surface area contributed by atoms with Gasteiger partial charge in [-0.3, -0.25) is 4.79 Å². The lowest BCUT2D eigenvalue weighted by Gasteiger charge is -2.10. The standard InChI is InChI=1S/C21H14Cl2N6O2/c22-16-7-4-8-17(23)19(16)31-13-28-10-9-18(27-28)21(30)26-20-14(11-24)12-25-29(20)15-5-2-1-3-6-15/h1-10,12H,13H2,(H,26,30). The van der Waals surface area contributed by atoms with Crippen molar-refractivity contribution in [1.82, 2.24) is 19.6 Å². The van der Waals surface area contributed by atoms with E-state index in [-0.39, 0.29) is 23.8 Å². The Morgan fingerprint density at radius 3 is 2.55 bits per heavy atom. The van der Waals surface area contributed by atoms with E-state index < -0.39 is 5.91 Å². The number of ether oxygens (including phenoxy) is 1. The van der Waals surface area contributed by atoms with Gasteiger partial charge in [0.25, 0.3) is 5.91 Å². The number of carbonyl (C=O) groups excluding carboxylic acids is 1. The van der Waals surface area contributed by atoms with Crippen LogP contribution in [0, 0.1) is 11.3 Å². The third-order valence-corrected chi connectivity index (χ3v) is 4.85. The van der Waals surface area contributed by atoms with Crippen LogP contribution in [-0.2, 0) is 6.73 Å². The third-order valence-electron chi connectivity index (χ3n) is 4.26. The molecular weight excluding hydrogens is 439 g/mol. The third kappa shape index (κ3) is 4.38. The molecule has 1 amide bonds. The highest BCUT2D eigenvalue weighted by molar-refractivity contribution is 6.37. The number of aromatic nitrogens is 4. The Labute approximate surface area is 187 Å². The Hall–Kier alpha value is -3.80. The van der Waals surface area contributed by atoms with Gasteiger partial charge in [0.15, 0.2) is 24.0 Å². The highest BCUT2D eigenvalue weighted by atomic mass is 35.5. The Kier molecular flexibility index (Phi) is 5.89. The summed E-state index contributed by atoms with van der Waals surface area (Å²) in [6.07, 6.45) is 2.97. The van der Waals surface area contributed by atoms with Crippen LogP contribution in [0.4, 0.5) is 5.82 Å². The van der Waals surface area contributed by atoms with Crippen molar-refractivity contribution in [3.8, 4) is 17.5 Å². The maximum absolute atomic E-state index is 12.7. The summed E-state index contributed by atoms with van der Waals surface area (Å²) in [7, 11) is 0. The molecule has 0 atom stereocenters. The number of nitriles is 1. The zero-order chi connectivity index (χ0) is 21.8. The van der Waals surface area contributed by atoms with Gasteiger partial charge in [-0.2, -0.15) is 15.5 Å². The van der Waals surface area contributed by atoms with Crippen LogP contribution in [0.15, 0.2) is 67.0 Å². The number of carbonyl (C=O) groups is 1. The van der Waals surface area contributed by atoms with Crippen molar-refractivity contribution in [2.75, 3.05) is 5.32 Å². The van der Waals surface area contributed by atoms with E-state index >= 15 is 0 Å². The number of hydrogen-bond donors (Lipinski definition) is 1. The van der Waals surface area contributed by atoms with Crippen LogP contribution in [0.3, 0.4) is 0 Å². The summed E-state index contributed by atoms with van der Waals surface area (Å²) in [5.74, 6) is 0.0915. The number of anilines is 1. The van der Waals surface area contributed by atoms with E-state index in [1.54, 1.807) is 24.4 Å². The molecule has 4 rings (SSSR count). The monoisotopic (exact) mass is 452 g/mol. The van der Waals surface area contributed by atoms with E-state index in [4.69, 9.17) is 27.9 Å². The minimum absolute atomic E-state index is 0.00211. The lowest BCUT2D eigenvalue weighted by molar-refractivity contribution is 0.101. The van der Waals surface area contributed by atoms with Crippen LogP contribution in [0.25, 0.3) is 5.69 Å². The summed E-state index contributed by atoms with van der Waals surface area (Å²) in [5.41, 5.74) is 1.07. The summed E-state index contributed by atoms with van der Waals surface area (Å²) >= 11 is 12.2. The highest BCUT2D eigenvalue weighted by Crippen LogP contribution is 2.32. The van der Waals surface area contributed by atoms with Crippen molar-refractivity contribution in [1.29, 1.82) is 5.26 Å². The highest BCUT2D eigenvalue weighted by Gasteiger charge is 2.18. The van der Waals surface area contributed by atoms with Crippen LogP contribution < -0.4 is 10.1 Å². The average molecular weight is 453 g/mol. The van der Waals surface area contributed by atoms with Crippen molar-refractivity contribution < 1.29 is 9.53 Å². The molecule has 0 aliphatic rings. The van der Waals surface area contributed by atoms with Gasteiger partial charge in [-0.1, -0.05) is 47.5 Å². The molecule has 0 radical (unpaired) electrons. The number of rotatable bonds is 6. The zero-order valence-electron chi connectivity index (χ0n) is 15.9. The van der Waals surface area contributed by atoms with E-state index in [2.05, 4.69) is 15.5 Å². The lowest BCUT2D eigenvalue weighted by Crippen LogP contribution is -2.17. The predicted octanol–water partition coefficient (Wildman–Crippen LogP) is 4.54. The second kappa shape index (κ2) is 8.92. The molecule has 8 nitrogen and oxygen atoms in total.